The van der Waals surface area contributed by atoms with Gasteiger partial charge in [-0.3, -0.25) is 4.99 Å². The van der Waals surface area contributed by atoms with E-state index in [1.807, 2.05) is 0 Å². The Kier molecular flexibility index (Phi) is 6.48. The predicted molar refractivity (Wildman–Crippen MR) is 120 cm³/mol. The van der Waals surface area contributed by atoms with Crippen LogP contribution in [0, 0.1) is 5.41 Å². The molecule has 2 aliphatic rings. The summed E-state index contributed by atoms with van der Waals surface area (Å²) in [6.07, 6.45) is 9.94. The van der Waals surface area contributed by atoms with Crippen LogP contribution in [0.3, 0.4) is 0 Å². The fourth-order valence-electron chi connectivity index (χ4n) is 4.42. The van der Waals surface area contributed by atoms with Crippen LogP contribution in [0.4, 0.5) is 0 Å². The van der Waals surface area contributed by atoms with Crippen molar-refractivity contribution in [3.8, 4) is 0 Å². The molecule has 0 bridgehead atoms. The van der Waals surface area contributed by atoms with Crippen molar-refractivity contribution in [3.05, 3.63) is 36.0 Å². The van der Waals surface area contributed by atoms with Gasteiger partial charge in [-0.25, -0.2) is 0 Å². The minimum atomic E-state index is 0. The lowest BCUT2D eigenvalue weighted by atomic mass is 9.68. The topological polar surface area (TPSA) is 43.4 Å². The van der Waals surface area contributed by atoms with Gasteiger partial charge in [0.2, 0.25) is 0 Å². The molecule has 1 saturated heterocycles. The van der Waals surface area contributed by atoms with Gasteiger partial charge in [0.05, 0.1) is 0 Å². The predicted octanol–water partition coefficient (Wildman–Crippen LogP) is 4.56. The molecule has 26 heavy (non-hydrogen) atoms. The number of fused-ring (bicyclic) bond motifs is 1. The van der Waals surface area contributed by atoms with Gasteiger partial charge in [-0.15, -0.1) is 24.0 Å². The number of nitrogens with one attached hydrogen (secondary N) is 2. The van der Waals surface area contributed by atoms with E-state index in [9.17, 15) is 0 Å². The first-order valence-corrected chi connectivity index (χ1v) is 9.88. The summed E-state index contributed by atoms with van der Waals surface area (Å²) in [4.78, 5) is 10.8. The number of hydrogen-bond acceptors (Lipinski definition) is 1. The summed E-state index contributed by atoms with van der Waals surface area (Å²) in [5.41, 5.74) is 3.27. The molecule has 1 saturated carbocycles. The average molecular weight is 466 g/mol. The Morgan fingerprint density at radius 3 is 2.85 bits per heavy atom. The highest BCUT2D eigenvalue weighted by Gasteiger charge is 2.43. The fourth-order valence-corrected chi connectivity index (χ4v) is 4.42. The highest BCUT2D eigenvalue weighted by atomic mass is 127. The minimum absolute atomic E-state index is 0. The molecule has 1 aromatic heterocycles. The number of hydrogen-bond donors (Lipinski definition) is 2. The van der Waals surface area contributed by atoms with Crippen LogP contribution < -0.4 is 5.32 Å². The monoisotopic (exact) mass is 466 g/mol. The van der Waals surface area contributed by atoms with Gasteiger partial charge in [-0.05, 0) is 56.1 Å². The molecule has 0 amide bonds. The summed E-state index contributed by atoms with van der Waals surface area (Å²) >= 11 is 0. The molecule has 2 N–H and O–H groups in total. The maximum Gasteiger partial charge on any atom is 0.193 e. The van der Waals surface area contributed by atoms with Crippen LogP contribution in [0.2, 0.25) is 0 Å². The zero-order chi connectivity index (χ0) is 17.1. The van der Waals surface area contributed by atoms with E-state index in [-0.39, 0.29) is 24.0 Å². The van der Waals surface area contributed by atoms with Crippen LogP contribution in [0.25, 0.3) is 10.9 Å². The molecule has 2 heterocycles. The Bertz CT molecular complexity index is 747. The van der Waals surface area contributed by atoms with Crippen LogP contribution in [-0.2, 0) is 6.42 Å². The first kappa shape index (κ1) is 19.5. The average Bonchev–Trinajstić information content (AvgIpc) is 3.22. The number of aromatic nitrogens is 1. The molecule has 5 heteroatoms. The molecule has 0 unspecified atom stereocenters. The fraction of sp³-hybridized carbons (Fsp3) is 0.571. The van der Waals surface area contributed by atoms with E-state index in [1.54, 1.807) is 0 Å². The SMILES string of the molecule is CCNC(=NCCCc1c[nH]c2ccccc12)N1CCC2(CCC2)C1.I. The number of halogens is 1. The number of aryl methyl sites for hydroxylation is 1. The lowest BCUT2D eigenvalue weighted by molar-refractivity contribution is 0.151. The van der Waals surface area contributed by atoms with Gasteiger partial charge in [-0.2, -0.15) is 0 Å². The number of nitrogens with zero attached hydrogens (tertiary/aromatic N) is 2. The van der Waals surface area contributed by atoms with Crippen molar-refractivity contribution in [1.82, 2.24) is 15.2 Å². The Hall–Kier alpha value is -1.24. The zero-order valence-corrected chi connectivity index (χ0v) is 18.1. The molecule has 142 valence electrons. The quantitative estimate of drug-likeness (QED) is 0.294. The number of para-hydroxylation sites is 1. The summed E-state index contributed by atoms with van der Waals surface area (Å²) in [5.74, 6) is 1.13. The van der Waals surface area contributed by atoms with Gasteiger partial charge in [-0.1, -0.05) is 24.6 Å². The van der Waals surface area contributed by atoms with Gasteiger partial charge in [0.25, 0.3) is 0 Å². The third kappa shape index (κ3) is 4.02. The number of rotatable bonds is 5. The number of benzene rings is 1. The van der Waals surface area contributed by atoms with Crippen molar-refractivity contribution in [1.29, 1.82) is 0 Å². The van der Waals surface area contributed by atoms with E-state index in [2.05, 4.69) is 52.6 Å². The van der Waals surface area contributed by atoms with Crippen molar-refractivity contribution in [3.63, 3.8) is 0 Å². The van der Waals surface area contributed by atoms with E-state index in [1.165, 1.54) is 55.2 Å². The summed E-state index contributed by atoms with van der Waals surface area (Å²) in [6.45, 7) is 6.39. The first-order chi connectivity index (χ1) is 12.3. The van der Waals surface area contributed by atoms with Crippen LogP contribution in [-0.4, -0.2) is 42.0 Å². The molecule has 0 atom stereocenters. The van der Waals surface area contributed by atoms with Crippen molar-refractivity contribution >= 4 is 40.8 Å². The van der Waals surface area contributed by atoms with Gasteiger partial charge in [0.1, 0.15) is 0 Å². The lowest BCUT2D eigenvalue weighted by Crippen LogP contribution is -2.42. The second kappa shape index (κ2) is 8.63. The molecular weight excluding hydrogens is 435 g/mol. The Balaban J connectivity index is 0.00000196. The Labute approximate surface area is 173 Å². The Morgan fingerprint density at radius 2 is 2.12 bits per heavy atom. The summed E-state index contributed by atoms with van der Waals surface area (Å²) in [6, 6.07) is 8.55. The second-order valence-electron chi connectivity index (χ2n) is 7.72. The smallest absolute Gasteiger partial charge is 0.193 e. The van der Waals surface area contributed by atoms with Gasteiger partial charge in [0, 0.05) is 43.3 Å². The molecule has 4 nitrogen and oxygen atoms in total. The maximum absolute atomic E-state index is 4.92. The number of aliphatic imine (C=N–C) groups is 1. The number of H-pyrrole nitrogens is 1. The maximum atomic E-state index is 4.92. The van der Waals surface area contributed by atoms with Crippen molar-refractivity contribution < 1.29 is 0 Å². The highest BCUT2D eigenvalue weighted by molar-refractivity contribution is 14.0. The van der Waals surface area contributed by atoms with Gasteiger partial charge in [0.15, 0.2) is 5.96 Å². The molecular formula is C21H31IN4. The van der Waals surface area contributed by atoms with Crippen molar-refractivity contribution in [2.24, 2.45) is 10.4 Å². The number of aromatic amines is 1. The zero-order valence-electron chi connectivity index (χ0n) is 15.8. The largest absolute Gasteiger partial charge is 0.361 e. The Morgan fingerprint density at radius 1 is 1.27 bits per heavy atom. The summed E-state index contributed by atoms with van der Waals surface area (Å²) in [7, 11) is 0. The van der Waals surface area contributed by atoms with Crippen LogP contribution in [0.5, 0.6) is 0 Å². The number of likely N-dealkylation sites (tertiary alicyclic amines) is 1. The van der Waals surface area contributed by atoms with Crippen molar-refractivity contribution in [2.45, 2.75) is 45.4 Å². The molecule has 4 rings (SSSR count). The molecule has 0 radical (unpaired) electrons. The van der Waals surface area contributed by atoms with E-state index >= 15 is 0 Å². The lowest BCUT2D eigenvalue weighted by Gasteiger charge is -2.38. The molecule has 1 aromatic carbocycles. The molecule has 1 aliphatic heterocycles. The summed E-state index contributed by atoms with van der Waals surface area (Å²) < 4.78 is 0. The van der Waals surface area contributed by atoms with E-state index in [0.29, 0.717) is 5.41 Å². The molecule has 1 spiro atoms. The van der Waals surface area contributed by atoms with E-state index < -0.39 is 0 Å². The van der Waals surface area contributed by atoms with E-state index in [4.69, 9.17) is 4.99 Å². The van der Waals surface area contributed by atoms with Crippen LogP contribution in [0.1, 0.15) is 44.6 Å². The molecule has 1 aliphatic carbocycles. The normalized spacial score (nSPS) is 18.8. The van der Waals surface area contributed by atoms with Crippen molar-refractivity contribution in [2.75, 3.05) is 26.2 Å². The van der Waals surface area contributed by atoms with Gasteiger partial charge < -0.3 is 15.2 Å². The van der Waals surface area contributed by atoms with Crippen LogP contribution in [0.15, 0.2) is 35.5 Å². The third-order valence-electron chi connectivity index (χ3n) is 6.03. The number of guanidine groups is 1. The highest BCUT2D eigenvalue weighted by Crippen LogP contribution is 2.47. The minimum Gasteiger partial charge on any atom is -0.361 e. The van der Waals surface area contributed by atoms with Gasteiger partial charge >= 0.3 is 0 Å². The third-order valence-corrected chi connectivity index (χ3v) is 6.03. The van der Waals surface area contributed by atoms with Crippen LogP contribution >= 0.6 is 24.0 Å². The standard InChI is InChI=1S/C21H30N4.HI/c1-2-22-20(25-14-12-21(16-25)10-6-11-21)23-13-5-7-17-15-24-19-9-4-3-8-18(17)19;/h3-4,8-9,15,24H,2,5-7,10-14,16H2,1H3,(H,22,23);1H. The summed E-state index contributed by atoms with van der Waals surface area (Å²) in [5, 5.41) is 4.86. The van der Waals surface area contributed by atoms with E-state index in [0.717, 1.165) is 31.9 Å². The molecule has 2 aromatic rings. The molecule has 2 fully saturated rings. The first-order valence-electron chi connectivity index (χ1n) is 9.88. The second-order valence-corrected chi connectivity index (χ2v) is 7.72.